The molecule has 1 aromatic rings. The van der Waals surface area contributed by atoms with Gasteiger partial charge >= 0.3 is 0 Å². The molecule has 0 amide bonds. The van der Waals surface area contributed by atoms with Gasteiger partial charge in [0.2, 0.25) is 0 Å². The molecule has 5 rings (SSSR count). The van der Waals surface area contributed by atoms with Crippen molar-refractivity contribution < 1.29 is 9.13 Å². The first kappa shape index (κ1) is 21.7. The molecule has 0 radical (unpaired) electrons. The summed E-state index contributed by atoms with van der Waals surface area (Å²) < 4.78 is 19.1. The minimum atomic E-state index is -0.451. The number of anilines is 1. The smallest absolute Gasteiger partial charge is 0.141 e. The third-order valence-corrected chi connectivity index (χ3v) is 6.39. The van der Waals surface area contributed by atoms with Crippen LogP contribution in [0.4, 0.5) is 10.1 Å². The molecule has 2 aliphatic heterocycles. The maximum Gasteiger partial charge on any atom is 0.141 e. The van der Waals surface area contributed by atoms with Gasteiger partial charge in [-0.3, -0.25) is 9.98 Å². The normalized spacial score (nSPS) is 28.0. The fraction of sp³-hybridized carbons (Fsp3) is 0.269. The average Bonchev–Trinajstić information content (AvgIpc) is 2.86. The zero-order valence-electron chi connectivity index (χ0n) is 18.2. The van der Waals surface area contributed by atoms with Gasteiger partial charge in [-0.05, 0) is 42.2 Å². The Bertz CT molecular complexity index is 1190. The molecule has 0 aromatic heterocycles. The average molecular weight is 463 g/mol. The predicted molar refractivity (Wildman–Crippen MR) is 133 cm³/mol. The lowest BCUT2D eigenvalue weighted by Gasteiger charge is -2.31. The summed E-state index contributed by atoms with van der Waals surface area (Å²) in [5.41, 5.74) is 2.98. The van der Waals surface area contributed by atoms with Crippen LogP contribution >= 0.6 is 11.6 Å². The maximum atomic E-state index is 13.6. The Balaban J connectivity index is 1.46. The number of hydrogen-bond donors (Lipinski definition) is 1. The first-order valence-corrected chi connectivity index (χ1v) is 11.4. The molecule has 5 nitrogen and oxygen atoms in total. The molecule has 1 aromatic carbocycles. The highest BCUT2D eigenvalue weighted by Crippen LogP contribution is 2.32. The molecule has 168 valence electrons. The van der Waals surface area contributed by atoms with E-state index in [1.807, 2.05) is 12.3 Å². The topological polar surface area (TPSA) is 58.3 Å². The molecule has 0 saturated heterocycles. The highest BCUT2D eigenvalue weighted by molar-refractivity contribution is 6.31. The van der Waals surface area contributed by atoms with E-state index in [4.69, 9.17) is 26.3 Å². The summed E-state index contributed by atoms with van der Waals surface area (Å²) in [6.45, 7) is 0. The van der Waals surface area contributed by atoms with Gasteiger partial charge < -0.3 is 10.1 Å². The molecule has 7 heteroatoms. The molecule has 33 heavy (non-hydrogen) atoms. The van der Waals surface area contributed by atoms with Crippen LogP contribution in [-0.4, -0.2) is 37.1 Å². The van der Waals surface area contributed by atoms with Gasteiger partial charge in [-0.25, -0.2) is 9.38 Å². The fourth-order valence-corrected chi connectivity index (χ4v) is 4.44. The van der Waals surface area contributed by atoms with Crippen molar-refractivity contribution in [2.75, 3.05) is 12.4 Å². The molecule has 2 aliphatic carbocycles. The van der Waals surface area contributed by atoms with E-state index < -0.39 is 5.82 Å². The van der Waals surface area contributed by atoms with E-state index in [0.29, 0.717) is 5.69 Å². The Morgan fingerprint density at radius 2 is 2.03 bits per heavy atom. The summed E-state index contributed by atoms with van der Waals surface area (Å²) >= 11 is 6.00. The molecule has 4 atom stereocenters. The van der Waals surface area contributed by atoms with E-state index in [9.17, 15) is 4.39 Å². The second-order valence-electron chi connectivity index (χ2n) is 8.29. The zero-order chi connectivity index (χ0) is 22.8. The Kier molecular flexibility index (Phi) is 6.20. The van der Waals surface area contributed by atoms with Gasteiger partial charge in [0.15, 0.2) is 0 Å². The second kappa shape index (κ2) is 9.41. The van der Waals surface area contributed by atoms with Crippen LogP contribution in [0.5, 0.6) is 0 Å². The summed E-state index contributed by atoms with van der Waals surface area (Å²) in [6, 6.07) is 4.47. The van der Waals surface area contributed by atoms with Crippen LogP contribution in [0, 0.1) is 17.7 Å². The van der Waals surface area contributed by atoms with Crippen molar-refractivity contribution in [3.8, 4) is 0 Å². The fourth-order valence-electron chi connectivity index (χ4n) is 4.26. The number of nitrogens with zero attached hydrogens (tertiary/aromatic N) is 3. The van der Waals surface area contributed by atoms with E-state index in [2.05, 4.69) is 46.8 Å². The lowest BCUT2D eigenvalue weighted by Crippen LogP contribution is -2.38. The van der Waals surface area contributed by atoms with Crippen molar-refractivity contribution in [1.82, 2.24) is 0 Å². The summed E-state index contributed by atoms with van der Waals surface area (Å²) in [5.74, 6) is 1.00. The third-order valence-electron chi connectivity index (χ3n) is 6.10. The number of aliphatic imine (C=N–C) groups is 3. The Labute approximate surface area is 197 Å². The number of nitrogens with one attached hydrogen (secondary N) is 1. The number of hydrogen-bond acceptors (Lipinski definition) is 5. The van der Waals surface area contributed by atoms with Gasteiger partial charge in [0.1, 0.15) is 17.5 Å². The monoisotopic (exact) mass is 462 g/mol. The molecule has 0 fully saturated rings. The van der Waals surface area contributed by atoms with E-state index in [0.717, 1.165) is 30.1 Å². The SMILES string of the molecule is COC1C=CC(C2=CC3N=C(C4C=NC=CC4)N=C(Nc4ccc(F)c(Cl)c4)C3C=C2)=CC1. The summed E-state index contributed by atoms with van der Waals surface area (Å²) in [4.78, 5) is 14.1. The van der Waals surface area contributed by atoms with Gasteiger partial charge in [0.25, 0.3) is 0 Å². The quantitative estimate of drug-likeness (QED) is 0.625. The largest absolute Gasteiger partial charge is 0.377 e. The summed E-state index contributed by atoms with van der Waals surface area (Å²) in [5, 5.41) is 3.42. The number of fused-ring (bicyclic) bond motifs is 1. The molecule has 4 aliphatic rings. The molecule has 1 N–H and O–H groups in total. The van der Waals surface area contributed by atoms with E-state index in [1.165, 1.54) is 11.6 Å². The van der Waals surface area contributed by atoms with Gasteiger partial charge in [-0.15, -0.1) is 0 Å². The lowest BCUT2D eigenvalue weighted by atomic mass is 9.85. The first-order chi connectivity index (χ1) is 16.1. The second-order valence-corrected chi connectivity index (χ2v) is 8.70. The van der Waals surface area contributed by atoms with Gasteiger partial charge in [0, 0.05) is 25.2 Å². The van der Waals surface area contributed by atoms with Crippen molar-refractivity contribution in [2.45, 2.75) is 25.0 Å². The first-order valence-electron chi connectivity index (χ1n) is 11.0. The summed E-state index contributed by atoms with van der Waals surface area (Å²) in [7, 11) is 1.72. The van der Waals surface area contributed by atoms with E-state index >= 15 is 0 Å². The number of methoxy groups -OCH3 is 1. The maximum absolute atomic E-state index is 13.6. The zero-order valence-corrected chi connectivity index (χ0v) is 18.9. The minimum absolute atomic E-state index is 0.0172. The minimum Gasteiger partial charge on any atom is -0.377 e. The van der Waals surface area contributed by atoms with Crippen LogP contribution in [0.15, 0.2) is 93.1 Å². The van der Waals surface area contributed by atoms with Crippen LogP contribution in [0.1, 0.15) is 12.8 Å². The van der Waals surface area contributed by atoms with Gasteiger partial charge in [-0.2, -0.15) is 0 Å². The molecule has 0 spiro atoms. The molecule has 0 saturated carbocycles. The highest BCUT2D eigenvalue weighted by atomic mass is 35.5. The number of amidine groups is 2. The molecule has 4 unspecified atom stereocenters. The molecule has 2 heterocycles. The Morgan fingerprint density at radius 1 is 1.15 bits per heavy atom. The van der Waals surface area contributed by atoms with Crippen molar-refractivity contribution in [2.24, 2.45) is 26.8 Å². The van der Waals surface area contributed by atoms with Crippen molar-refractivity contribution in [3.05, 3.63) is 88.9 Å². The lowest BCUT2D eigenvalue weighted by molar-refractivity contribution is 0.142. The van der Waals surface area contributed by atoms with E-state index in [1.54, 1.807) is 25.4 Å². The van der Waals surface area contributed by atoms with Crippen LogP contribution in [0.25, 0.3) is 0 Å². The van der Waals surface area contributed by atoms with Gasteiger partial charge in [0.05, 0.1) is 29.0 Å². The van der Waals surface area contributed by atoms with Crippen molar-refractivity contribution >= 4 is 35.2 Å². The number of rotatable bonds is 4. The third kappa shape index (κ3) is 4.68. The summed E-state index contributed by atoms with van der Waals surface area (Å²) in [6.07, 6.45) is 20.3. The number of allylic oxidation sites excluding steroid dienone is 5. The molecule has 0 bridgehead atoms. The number of halogens is 2. The van der Waals surface area contributed by atoms with Crippen LogP contribution in [-0.2, 0) is 4.74 Å². The molecular weight excluding hydrogens is 439 g/mol. The molecular formula is C26H24ClFN4O. The Hall–Kier alpha value is -3.09. The van der Waals surface area contributed by atoms with E-state index in [-0.39, 0.29) is 29.0 Å². The standard InChI is InChI=1S/C26H24ClFN4O/c1-33-20-8-4-16(5-9-20)17-6-10-21-24(13-17)31-25(18-3-2-12-29-15-18)32-26(21)30-19-7-11-23(28)22(27)14-19/h2,4-8,10-15,18,20-21,24H,3,9H2,1H3,(H,30,31,32). The van der Waals surface area contributed by atoms with Gasteiger partial charge in [-0.1, -0.05) is 54.1 Å². The Morgan fingerprint density at radius 3 is 2.76 bits per heavy atom. The van der Waals surface area contributed by atoms with Crippen molar-refractivity contribution in [1.29, 1.82) is 0 Å². The van der Waals surface area contributed by atoms with Crippen molar-refractivity contribution in [3.63, 3.8) is 0 Å². The number of benzene rings is 1. The predicted octanol–water partition coefficient (Wildman–Crippen LogP) is 5.69. The van der Waals surface area contributed by atoms with Crippen LogP contribution in [0.3, 0.4) is 0 Å². The van der Waals surface area contributed by atoms with Crippen LogP contribution in [0.2, 0.25) is 5.02 Å². The highest BCUT2D eigenvalue weighted by Gasteiger charge is 2.32. The van der Waals surface area contributed by atoms with Crippen LogP contribution < -0.4 is 5.32 Å². The number of ether oxygens (including phenoxy) is 1.